The van der Waals surface area contributed by atoms with Gasteiger partial charge in [-0.15, -0.1) is 0 Å². The highest BCUT2D eigenvalue weighted by Gasteiger charge is 2.47. The first-order chi connectivity index (χ1) is 16.4. The third-order valence-corrected chi connectivity index (χ3v) is 5.95. The van der Waals surface area contributed by atoms with Crippen molar-refractivity contribution >= 4 is 46.9 Å². The minimum atomic E-state index is -0.826. The van der Waals surface area contributed by atoms with E-state index in [9.17, 15) is 24.0 Å². The molecule has 1 aliphatic heterocycles. The van der Waals surface area contributed by atoms with Crippen molar-refractivity contribution in [2.45, 2.75) is 12.8 Å². The molecule has 2 aromatic rings. The Morgan fingerprint density at radius 1 is 0.941 bits per heavy atom. The van der Waals surface area contributed by atoms with E-state index in [1.807, 2.05) is 12.2 Å². The van der Waals surface area contributed by atoms with Crippen molar-refractivity contribution in [3.05, 3.63) is 76.8 Å². The molecule has 2 N–H and O–H groups in total. The summed E-state index contributed by atoms with van der Waals surface area (Å²) >= 11 is 5.93. The normalized spacial score (nSPS) is 18.9. The van der Waals surface area contributed by atoms with Crippen LogP contribution < -0.4 is 15.8 Å². The molecule has 9 nitrogen and oxygen atoms in total. The summed E-state index contributed by atoms with van der Waals surface area (Å²) in [6.45, 7) is -0.663. The van der Waals surface area contributed by atoms with Crippen molar-refractivity contribution in [2.24, 2.45) is 11.8 Å². The molecule has 1 heterocycles. The molecule has 10 heteroatoms. The molecule has 174 valence electrons. The Kier molecular flexibility index (Phi) is 6.74. The summed E-state index contributed by atoms with van der Waals surface area (Å²) in [6.07, 6.45) is 4.81. The molecule has 0 saturated carbocycles. The van der Waals surface area contributed by atoms with Gasteiger partial charge in [-0.2, -0.15) is 0 Å². The van der Waals surface area contributed by atoms with Crippen molar-refractivity contribution < 1.29 is 28.7 Å². The van der Waals surface area contributed by atoms with Crippen molar-refractivity contribution in [1.82, 2.24) is 10.9 Å². The van der Waals surface area contributed by atoms with Gasteiger partial charge in [0.25, 0.3) is 11.8 Å². The first-order valence-corrected chi connectivity index (χ1v) is 10.9. The molecule has 1 aliphatic carbocycles. The Bertz CT molecular complexity index is 1180. The minimum absolute atomic E-state index is 0.0685. The predicted molar refractivity (Wildman–Crippen MR) is 122 cm³/mol. The van der Waals surface area contributed by atoms with Crippen molar-refractivity contribution in [1.29, 1.82) is 0 Å². The predicted octanol–water partition coefficient (Wildman–Crippen LogP) is 2.41. The number of rotatable bonds is 5. The Morgan fingerprint density at radius 2 is 1.62 bits per heavy atom. The second-order valence-electron chi connectivity index (χ2n) is 7.78. The van der Waals surface area contributed by atoms with Crippen molar-refractivity contribution in [3.63, 3.8) is 0 Å². The van der Waals surface area contributed by atoms with Crippen molar-refractivity contribution in [2.75, 3.05) is 11.5 Å². The molecule has 1 saturated heterocycles. The Morgan fingerprint density at radius 3 is 2.29 bits per heavy atom. The lowest BCUT2D eigenvalue weighted by molar-refractivity contribution is -0.125. The van der Waals surface area contributed by atoms with Crippen LogP contribution in [0.5, 0.6) is 0 Å². The van der Waals surface area contributed by atoms with E-state index in [4.69, 9.17) is 16.3 Å². The number of hydrazine groups is 1. The number of hydrogen-bond acceptors (Lipinski definition) is 6. The summed E-state index contributed by atoms with van der Waals surface area (Å²) in [5, 5.41) is 0.214. The monoisotopic (exact) mass is 481 g/mol. The SMILES string of the molecule is O=C(COC(=O)c1cccc(N2C(=O)[C@@H]3CC=CC[C@H]3C2=O)c1)NNC(=O)c1ccccc1Cl. The van der Waals surface area contributed by atoms with Gasteiger partial charge in [-0.1, -0.05) is 42.0 Å². The zero-order valence-electron chi connectivity index (χ0n) is 17.8. The van der Waals surface area contributed by atoms with Crippen LogP contribution in [-0.4, -0.2) is 36.2 Å². The largest absolute Gasteiger partial charge is 0.452 e. The summed E-state index contributed by atoms with van der Waals surface area (Å²) in [4.78, 5) is 63.1. The fraction of sp³-hybridized carbons (Fsp3) is 0.208. The summed E-state index contributed by atoms with van der Waals surface area (Å²) < 4.78 is 4.99. The molecule has 0 bridgehead atoms. The van der Waals surface area contributed by atoms with E-state index >= 15 is 0 Å². The molecule has 0 spiro atoms. The van der Waals surface area contributed by atoms with E-state index < -0.39 is 36.2 Å². The number of fused-ring (bicyclic) bond motifs is 1. The highest BCUT2D eigenvalue weighted by Crippen LogP contribution is 2.37. The number of nitrogens with one attached hydrogen (secondary N) is 2. The molecule has 0 aromatic heterocycles. The number of carbonyl (C=O) groups excluding carboxylic acids is 5. The van der Waals surface area contributed by atoms with Crippen LogP contribution >= 0.6 is 11.6 Å². The van der Waals surface area contributed by atoms with Crippen LogP contribution in [0.4, 0.5) is 5.69 Å². The van der Waals surface area contributed by atoms with Gasteiger partial charge >= 0.3 is 5.97 Å². The highest BCUT2D eigenvalue weighted by atomic mass is 35.5. The maximum absolute atomic E-state index is 12.8. The van der Waals surface area contributed by atoms with E-state index in [1.54, 1.807) is 18.2 Å². The van der Waals surface area contributed by atoms with Gasteiger partial charge in [0.2, 0.25) is 11.8 Å². The van der Waals surface area contributed by atoms with Gasteiger partial charge in [0.15, 0.2) is 6.61 Å². The number of esters is 1. The van der Waals surface area contributed by atoms with Crippen LogP contribution in [0, 0.1) is 11.8 Å². The fourth-order valence-electron chi connectivity index (χ4n) is 3.92. The average Bonchev–Trinajstić information content (AvgIpc) is 3.11. The first-order valence-electron chi connectivity index (χ1n) is 10.5. The number of halogens is 1. The molecule has 2 atom stereocenters. The third-order valence-electron chi connectivity index (χ3n) is 5.62. The molecule has 4 rings (SSSR count). The molecule has 1 fully saturated rings. The fourth-order valence-corrected chi connectivity index (χ4v) is 4.14. The van der Waals surface area contributed by atoms with E-state index in [1.165, 1.54) is 30.3 Å². The number of ether oxygens (including phenoxy) is 1. The van der Waals surface area contributed by atoms with Gasteiger partial charge in [-0.3, -0.25) is 34.9 Å². The number of anilines is 1. The minimum Gasteiger partial charge on any atom is -0.452 e. The van der Waals surface area contributed by atoms with Crippen LogP contribution in [0.15, 0.2) is 60.7 Å². The Labute approximate surface area is 199 Å². The maximum Gasteiger partial charge on any atom is 0.338 e. The van der Waals surface area contributed by atoms with E-state index in [0.717, 1.165) is 4.90 Å². The van der Waals surface area contributed by atoms with Gasteiger partial charge in [-0.05, 0) is 43.2 Å². The van der Waals surface area contributed by atoms with Gasteiger partial charge in [0.1, 0.15) is 0 Å². The van der Waals surface area contributed by atoms with E-state index in [2.05, 4.69) is 10.9 Å². The number of hydrogen-bond donors (Lipinski definition) is 2. The summed E-state index contributed by atoms with van der Waals surface area (Å²) in [7, 11) is 0. The standard InChI is InChI=1S/C24H20ClN3O6/c25-19-11-4-3-10-18(19)21(30)27-26-20(29)13-34-24(33)14-6-5-7-15(12-14)28-22(31)16-8-1-2-9-17(16)23(28)32/h1-7,10-12,16-17H,8-9,13H2,(H,26,29)(H,27,30)/t16-,17-/m1/s1. The summed E-state index contributed by atoms with van der Waals surface area (Å²) in [5.41, 5.74) is 4.82. The Hall–Kier alpha value is -3.98. The number of benzene rings is 2. The van der Waals surface area contributed by atoms with Gasteiger partial charge in [0.05, 0.1) is 33.7 Å². The van der Waals surface area contributed by atoms with Crippen LogP contribution in [0.3, 0.4) is 0 Å². The topological polar surface area (TPSA) is 122 Å². The molecule has 0 radical (unpaired) electrons. The number of imide groups is 1. The van der Waals surface area contributed by atoms with Gasteiger partial charge in [-0.25, -0.2) is 4.79 Å². The number of nitrogens with zero attached hydrogens (tertiary/aromatic N) is 1. The quantitative estimate of drug-likeness (QED) is 0.293. The number of carbonyl (C=O) groups is 5. The second kappa shape index (κ2) is 9.88. The summed E-state index contributed by atoms with van der Waals surface area (Å²) in [6, 6.07) is 12.2. The lowest BCUT2D eigenvalue weighted by Crippen LogP contribution is -2.43. The number of amides is 4. The van der Waals surface area contributed by atoms with Gasteiger partial charge in [0, 0.05) is 0 Å². The molecule has 0 unspecified atom stereocenters. The molecule has 2 aromatic carbocycles. The summed E-state index contributed by atoms with van der Waals surface area (Å²) in [5.74, 6) is -3.60. The molecule has 2 aliphatic rings. The molecule has 34 heavy (non-hydrogen) atoms. The Balaban J connectivity index is 1.33. The zero-order chi connectivity index (χ0) is 24.2. The lowest BCUT2D eigenvalue weighted by atomic mass is 9.85. The molecule has 4 amide bonds. The smallest absolute Gasteiger partial charge is 0.338 e. The van der Waals surface area contributed by atoms with Crippen LogP contribution in [0.2, 0.25) is 5.02 Å². The lowest BCUT2D eigenvalue weighted by Gasteiger charge is -2.15. The van der Waals surface area contributed by atoms with Crippen LogP contribution in [0.1, 0.15) is 33.6 Å². The van der Waals surface area contributed by atoms with E-state index in [0.29, 0.717) is 12.8 Å². The molecular formula is C24H20ClN3O6. The zero-order valence-corrected chi connectivity index (χ0v) is 18.6. The van der Waals surface area contributed by atoms with Crippen LogP contribution in [-0.2, 0) is 19.1 Å². The molecular weight excluding hydrogens is 462 g/mol. The first kappa shape index (κ1) is 23.2. The van der Waals surface area contributed by atoms with Gasteiger partial charge < -0.3 is 4.74 Å². The third kappa shape index (κ3) is 4.69. The van der Waals surface area contributed by atoms with Crippen molar-refractivity contribution in [3.8, 4) is 0 Å². The second-order valence-corrected chi connectivity index (χ2v) is 8.18. The van der Waals surface area contributed by atoms with Crippen LogP contribution in [0.25, 0.3) is 0 Å². The average molecular weight is 482 g/mol. The van der Waals surface area contributed by atoms with E-state index in [-0.39, 0.29) is 33.7 Å². The highest BCUT2D eigenvalue weighted by molar-refractivity contribution is 6.33. The maximum atomic E-state index is 12.8. The number of allylic oxidation sites excluding steroid dienone is 2.